The molecule has 0 amide bonds. The summed E-state index contributed by atoms with van der Waals surface area (Å²) in [5.74, 6) is 0.778. The van der Waals surface area contributed by atoms with Gasteiger partial charge in [0, 0.05) is 23.3 Å². The van der Waals surface area contributed by atoms with Crippen molar-refractivity contribution in [1.82, 2.24) is 14.4 Å². The number of hydrogen-bond donors (Lipinski definition) is 1. The summed E-state index contributed by atoms with van der Waals surface area (Å²) < 4.78 is 3.13. The number of aromatic nitrogens is 3. The van der Waals surface area contributed by atoms with Crippen LogP contribution in [0.25, 0.3) is 27.9 Å². The van der Waals surface area contributed by atoms with Crippen molar-refractivity contribution >= 4 is 38.4 Å². The molecule has 0 aliphatic carbocycles. The lowest BCUT2D eigenvalue weighted by molar-refractivity contribution is 1.20. The van der Waals surface area contributed by atoms with Gasteiger partial charge in [0.15, 0.2) is 11.5 Å². The number of halogens is 1. The smallest absolute Gasteiger partial charge is 0.181 e. The van der Waals surface area contributed by atoms with E-state index in [-0.39, 0.29) is 0 Å². The molecule has 0 bridgehead atoms. The number of para-hydroxylation sites is 2. The first kappa shape index (κ1) is 13.3. The molecule has 2 aromatic heterocycles. The molecule has 108 valence electrons. The Morgan fingerprint density at radius 3 is 2.73 bits per heavy atom. The number of nitrogens with one attached hydrogen (secondary N) is 1. The topological polar surface area (TPSA) is 42.2 Å². The van der Waals surface area contributed by atoms with Gasteiger partial charge in [-0.1, -0.05) is 40.2 Å². The molecule has 2 aromatic carbocycles. The normalized spacial score (nSPS) is 11.2. The summed E-state index contributed by atoms with van der Waals surface area (Å²) in [6.45, 7) is 0. The Morgan fingerprint density at radius 2 is 1.91 bits per heavy atom. The Labute approximate surface area is 136 Å². The maximum atomic E-state index is 4.76. The Morgan fingerprint density at radius 1 is 1.05 bits per heavy atom. The molecule has 0 aliphatic heterocycles. The van der Waals surface area contributed by atoms with Gasteiger partial charge in [-0.15, -0.1) is 0 Å². The van der Waals surface area contributed by atoms with Crippen LogP contribution in [0.15, 0.2) is 59.2 Å². The van der Waals surface area contributed by atoms with Gasteiger partial charge in [0.25, 0.3) is 0 Å². The number of rotatable bonds is 2. The number of benzene rings is 2. The molecule has 0 saturated carbocycles. The van der Waals surface area contributed by atoms with Crippen LogP contribution < -0.4 is 5.32 Å². The zero-order valence-corrected chi connectivity index (χ0v) is 13.5. The van der Waals surface area contributed by atoms with E-state index >= 15 is 0 Å². The quantitative estimate of drug-likeness (QED) is 0.582. The van der Waals surface area contributed by atoms with Crippen molar-refractivity contribution in [3.63, 3.8) is 0 Å². The number of hydrogen-bond acceptors (Lipinski definition) is 3. The summed E-state index contributed by atoms with van der Waals surface area (Å²) >= 11 is 3.51. The first-order valence-corrected chi connectivity index (χ1v) is 7.77. The molecule has 0 atom stereocenters. The highest BCUT2D eigenvalue weighted by Crippen LogP contribution is 2.27. The predicted molar refractivity (Wildman–Crippen MR) is 93.2 cm³/mol. The Bertz CT molecular complexity index is 990. The van der Waals surface area contributed by atoms with Gasteiger partial charge < -0.3 is 5.32 Å². The van der Waals surface area contributed by atoms with Crippen molar-refractivity contribution in [1.29, 1.82) is 0 Å². The van der Waals surface area contributed by atoms with Crippen LogP contribution in [0.1, 0.15) is 0 Å². The van der Waals surface area contributed by atoms with E-state index < -0.39 is 0 Å². The minimum atomic E-state index is 0.778. The van der Waals surface area contributed by atoms with Crippen LogP contribution in [0, 0.1) is 0 Å². The molecular formula is C17H13BrN4. The van der Waals surface area contributed by atoms with E-state index in [1.54, 1.807) is 0 Å². The lowest BCUT2D eigenvalue weighted by atomic mass is 10.2. The lowest BCUT2D eigenvalue weighted by Gasteiger charge is -2.05. The van der Waals surface area contributed by atoms with E-state index in [0.717, 1.165) is 38.2 Å². The molecule has 0 unspecified atom stereocenters. The standard InChI is InChI=1S/C17H13BrN4/c1-19-16-17-21-14(11-5-4-6-12(18)9-11)10-22(17)15-8-3-2-7-13(15)20-16/h2-10H,1H3,(H,19,20). The second-order valence-corrected chi connectivity index (χ2v) is 5.94. The highest BCUT2D eigenvalue weighted by atomic mass is 79.9. The van der Waals surface area contributed by atoms with Gasteiger partial charge >= 0.3 is 0 Å². The van der Waals surface area contributed by atoms with E-state index in [1.165, 1.54) is 0 Å². The molecule has 0 saturated heterocycles. The molecule has 4 rings (SSSR count). The van der Waals surface area contributed by atoms with Gasteiger partial charge in [0.2, 0.25) is 0 Å². The average molecular weight is 353 g/mol. The van der Waals surface area contributed by atoms with Gasteiger partial charge in [-0.05, 0) is 24.3 Å². The molecule has 0 spiro atoms. The van der Waals surface area contributed by atoms with Gasteiger partial charge in [0.05, 0.1) is 16.7 Å². The maximum Gasteiger partial charge on any atom is 0.181 e. The highest BCUT2D eigenvalue weighted by Gasteiger charge is 2.12. The monoisotopic (exact) mass is 352 g/mol. The van der Waals surface area contributed by atoms with Gasteiger partial charge in [-0.2, -0.15) is 0 Å². The first-order chi connectivity index (χ1) is 10.8. The maximum absolute atomic E-state index is 4.76. The van der Waals surface area contributed by atoms with Crippen LogP contribution in [-0.2, 0) is 0 Å². The number of imidazole rings is 1. The summed E-state index contributed by atoms with van der Waals surface area (Å²) in [4.78, 5) is 9.40. The van der Waals surface area contributed by atoms with E-state index in [4.69, 9.17) is 4.98 Å². The van der Waals surface area contributed by atoms with Crippen LogP contribution in [-0.4, -0.2) is 21.4 Å². The molecule has 1 N–H and O–H groups in total. The van der Waals surface area contributed by atoms with E-state index in [0.29, 0.717) is 0 Å². The summed E-state index contributed by atoms with van der Waals surface area (Å²) in [6.07, 6.45) is 2.06. The Hall–Kier alpha value is -2.40. The second-order valence-electron chi connectivity index (χ2n) is 5.03. The van der Waals surface area contributed by atoms with Gasteiger partial charge in [-0.25, -0.2) is 9.97 Å². The molecule has 4 aromatic rings. The molecule has 22 heavy (non-hydrogen) atoms. The Kier molecular flexibility index (Phi) is 3.08. The third-order valence-corrected chi connectivity index (χ3v) is 4.14. The van der Waals surface area contributed by atoms with Crippen molar-refractivity contribution in [3.05, 3.63) is 59.2 Å². The van der Waals surface area contributed by atoms with E-state index in [2.05, 4.69) is 55.0 Å². The van der Waals surface area contributed by atoms with Crippen molar-refractivity contribution in [3.8, 4) is 11.3 Å². The fourth-order valence-corrected chi connectivity index (χ4v) is 3.02. The van der Waals surface area contributed by atoms with Crippen LogP contribution in [0.3, 0.4) is 0 Å². The average Bonchev–Trinajstić information content (AvgIpc) is 2.99. The second kappa shape index (κ2) is 5.10. The third kappa shape index (κ3) is 2.05. The summed E-state index contributed by atoms with van der Waals surface area (Å²) in [6, 6.07) is 16.2. The SMILES string of the molecule is CNc1nc2ccccc2n2cc(-c3cccc(Br)c3)nc12. The summed E-state index contributed by atoms with van der Waals surface area (Å²) in [5, 5.41) is 3.13. The third-order valence-electron chi connectivity index (χ3n) is 3.65. The van der Waals surface area contributed by atoms with E-state index in [9.17, 15) is 0 Å². The fourth-order valence-electron chi connectivity index (χ4n) is 2.62. The fraction of sp³-hybridized carbons (Fsp3) is 0.0588. The molecule has 0 aliphatic rings. The predicted octanol–water partition coefficient (Wildman–Crippen LogP) is 4.35. The minimum absolute atomic E-state index is 0.778. The molecular weight excluding hydrogens is 340 g/mol. The van der Waals surface area contributed by atoms with Gasteiger partial charge in [-0.3, -0.25) is 4.40 Å². The highest BCUT2D eigenvalue weighted by molar-refractivity contribution is 9.10. The lowest BCUT2D eigenvalue weighted by Crippen LogP contribution is -1.98. The summed E-state index contributed by atoms with van der Waals surface area (Å²) in [7, 11) is 1.87. The van der Waals surface area contributed by atoms with Crippen LogP contribution >= 0.6 is 15.9 Å². The molecule has 4 nitrogen and oxygen atoms in total. The first-order valence-electron chi connectivity index (χ1n) is 6.98. The van der Waals surface area contributed by atoms with E-state index in [1.807, 2.05) is 37.4 Å². The molecule has 0 radical (unpaired) electrons. The van der Waals surface area contributed by atoms with Crippen LogP contribution in [0.5, 0.6) is 0 Å². The molecule has 2 heterocycles. The zero-order chi connectivity index (χ0) is 15.1. The summed E-state index contributed by atoms with van der Waals surface area (Å²) in [5.41, 5.74) is 4.82. The minimum Gasteiger partial charge on any atom is -0.370 e. The largest absolute Gasteiger partial charge is 0.370 e. The van der Waals surface area contributed by atoms with Crippen molar-refractivity contribution in [2.24, 2.45) is 0 Å². The zero-order valence-electron chi connectivity index (χ0n) is 11.9. The van der Waals surface area contributed by atoms with Crippen LogP contribution in [0.4, 0.5) is 5.82 Å². The van der Waals surface area contributed by atoms with Crippen molar-refractivity contribution < 1.29 is 0 Å². The molecule has 5 heteroatoms. The number of nitrogens with zero attached hydrogens (tertiary/aromatic N) is 3. The van der Waals surface area contributed by atoms with Crippen molar-refractivity contribution in [2.75, 3.05) is 12.4 Å². The Balaban J connectivity index is 2.06. The number of fused-ring (bicyclic) bond motifs is 3. The van der Waals surface area contributed by atoms with Gasteiger partial charge in [0.1, 0.15) is 0 Å². The number of anilines is 1. The van der Waals surface area contributed by atoms with Crippen LogP contribution in [0.2, 0.25) is 0 Å². The molecule has 0 fully saturated rings. The van der Waals surface area contributed by atoms with Crippen molar-refractivity contribution in [2.45, 2.75) is 0 Å².